The molecule has 3 nitrogen and oxygen atoms in total. The predicted octanol–water partition coefficient (Wildman–Crippen LogP) is 3.73. The van der Waals surface area contributed by atoms with Crippen molar-refractivity contribution in [3.05, 3.63) is 23.8 Å². The van der Waals surface area contributed by atoms with Gasteiger partial charge < -0.3 is 15.4 Å². The molecule has 21 heavy (non-hydrogen) atoms. The lowest BCUT2D eigenvalue weighted by molar-refractivity contribution is 0.313. The van der Waals surface area contributed by atoms with Gasteiger partial charge in [-0.05, 0) is 43.7 Å². The van der Waals surface area contributed by atoms with Crippen molar-refractivity contribution < 1.29 is 4.74 Å². The van der Waals surface area contributed by atoms with Gasteiger partial charge in [-0.25, -0.2) is 0 Å². The maximum absolute atomic E-state index is 5.88. The highest BCUT2D eigenvalue weighted by molar-refractivity contribution is 7.80. The van der Waals surface area contributed by atoms with Gasteiger partial charge in [0.05, 0.1) is 12.8 Å². The predicted molar refractivity (Wildman–Crippen MR) is 93.3 cm³/mol. The van der Waals surface area contributed by atoms with E-state index in [2.05, 4.69) is 18.9 Å². The Kier molecular flexibility index (Phi) is 5.45. The summed E-state index contributed by atoms with van der Waals surface area (Å²) in [5.41, 5.74) is 7.90. The summed E-state index contributed by atoms with van der Waals surface area (Å²) in [6, 6.07) is 6.48. The summed E-state index contributed by atoms with van der Waals surface area (Å²) in [5.74, 6) is 1.74. The summed E-state index contributed by atoms with van der Waals surface area (Å²) < 4.78 is 5.35. The molecule has 0 unspecified atom stereocenters. The Balaban J connectivity index is 2.21. The Hall–Kier alpha value is -1.29. The summed E-state index contributed by atoms with van der Waals surface area (Å²) in [4.78, 5) is 2.78. The molecule has 1 fully saturated rings. The van der Waals surface area contributed by atoms with Crippen molar-refractivity contribution in [3.63, 3.8) is 0 Å². The van der Waals surface area contributed by atoms with Crippen LogP contribution in [0, 0.1) is 5.92 Å². The van der Waals surface area contributed by atoms with E-state index in [0.717, 1.165) is 22.9 Å². The first-order valence-electron chi connectivity index (χ1n) is 7.77. The fourth-order valence-electron chi connectivity index (χ4n) is 3.28. The number of nitrogens with two attached hydrogens (primary N) is 1. The van der Waals surface area contributed by atoms with Crippen LogP contribution >= 0.6 is 12.2 Å². The van der Waals surface area contributed by atoms with Gasteiger partial charge in [0.1, 0.15) is 10.7 Å². The Labute approximate surface area is 133 Å². The molecule has 0 radical (unpaired) electrons. The summed E-state index contributed by atoms with van der Waals surface area (Å²) in [5, 5.41) is 0. The summed E-state index contributed by atoms with van der Waals surface area (Å²) in [6.07, 6.45) is 6.41. The van der Waals surface area contributed by atoms with Crippen LogP contribution in [-0.4, -0.2) is 25.2 Å². The van der Waals surface area contributed by atoms with Crippen LogP contribution in [0.25, 0.3) is 0 Å². The minimum atomic E-state index is 0.446. The molecule has 2 rings (SSSR count). The highest BCUT2D eigenvalue weighted by Gasteiger charge is 2.25. The summed E-state index contributed by atoms with van der Waals surface area (Å²) in [7, 11) is 3.83. The maximum Gasteiger partial charge on any atom is 0.120 e. The molecule has 1 aliphatic carbocycles. The molecule has 0 heterocycles. The fraction of sp³-hybridized carbons (Fsp3) is 0.588. The van der Waals surface area contributed by atoms with E-state index in [-0.39, 0.29) is 0 Å². The SMILES string of the molecule is CCC1CCC(N(C)c2cc(OC)ccc2C(N)=S)CC1. The third-order valence-corrected chi connectivity index (χ3v) is 5.01. The molecule has 1 saturated carbocycles. The fourth-order valence-corrected chi connectivity index (χ4v) is 3.45. The van der Waals surface area contributed by atoms with Gasteiger partial charge in [0.2, 0.25) is 0 Å². The number of hydrogen-bond donors (Lipinski definition) is 1. The molecule has 0 atom stereocenters. The maximum atomic E-state index is 5.88. The number of nitrogens with zero attached hydrogens (tertiary/aromatic N) is 1. The Bertz CT molecular complexity index is 496. The van der Waals surface area contributed by atoms with Gasteiger partial charge in [-0.1, -0.05) is 25.6 Å². The van der Waals surface area contributed by atoms with Crippen molar-refractivity contribution >= 4 is 22.9 Å². The standard InChI is InChI=1S/C17H26N2OS/c1-4-12-5-7-13(8-6-12)19(2)16-11-14(20-3)9-10-15(16)17(18)21/h9-13H,4-8H2,1-3H3,(H2,18,21). The van der Waals surface area contributed by atoms with Gasteiger partial charge in [0.15, 0.2) is 0 Å². The van der Waals surface area contributed by atoms with Crippen LogP contribution in [0.5, 0.6) is 5.75 Å². The minimum Gasteiger partial charge on any atom is -0.497 e. The first-order valence-corrected chi connectivity index (χ1v) is 8.18. The summed E-state index contributed by atoms with van der Waals surface area (Å²) >= 11 is 5.20. The van der Waals surface area contributed by atoms with E-state index in [1.807, 2.05) is 18.2 Å². The third kappa shape index (κ3) is 3.67. The highest BCUT2D eigenvalue weighted by atomic mass is 32.1. The number of ether oxygens (including phenoxy) is 1. The number of anilines is 1. The van der Waals surface area contributed by atoms with E-state index in [0.29, 0.717) is 11.0 Å². The van der Waals surface area contributed by atoms with E-state index in [1.54, 1.807) is 7.11 Å². The van der Waals surface area contributed by atoms with Crippen LogP contribution in [0.1, 0.15) is 44.6 Å². The second-order valence-electron chi connectivity index (χ2n) is 5.94. The van der Waals surface area contributed by atoms with Gasteiger partial charge in [-0.2, -0.15) is 0 Å². The van der Waals surface area contributed by atoms with Crippen molar-refractivity contribution in [2.45, 2.75) is 45.1 Å². The van der Waals surface area contributed by atoms with Crippen molar-refractivity contribution in [3.8, 4) is 5.75 Å². The van der Waals surface area contributed by atoms with Crippen molar-refractivity contribution in [1.82, 2.24) is 0 Å². The van der Waals surface area contributed by atoms with Crippen LogP contribution < -0.4 is 15.4 Å². The quantitative estimate of drug-likeness (QED) is 0.841. The van der Waals surface area contributed by atoms with Crippen LogP contribution in [0.4, 0.5) is 5.69 Å². The van der Waals surface area contributed by atoms with Crippen LogP contribution in [0.3, 0.4) is 0 Å². The Morgan fingerprint density at radius 3 is 2.52 bits per heavy atom. The smallest absolute Gasteiger partial charge is 0.120 e. The largest absolute Gasteiger partial charge is 0.497 e. The van der Waals surface area contributed by atoms with Gasteiger partial charge in [-0.15, -0.1) is 0 Å². The van der Waals surface area contributed by atoms with Gasteiger partial charge in [-0.3, -0.25) is 0 Å². The van der Waals surface area contributed by atoms with Crippen LogP contribution in [-0.2, 0) is 0 Å². The molecule has 1 aliphatic rings. The molecule has 0 amide bonds. The second kappa shape index (κ2) is 7.12. The third-order valence-electron chi connectivity index (χ3n) is 4.79. The summed E-state index contributed by atoms with van der Waals surface area (Å²) in [6.45, 7) is 2.29. The molecule has 1 aromatic rings. The minimum absolute atomic E-state index is 0.446. The van der Waals surface area contributed by atoms with Gasteiger partial charge >= 0.3 is 0 Å². The van der Waals surface area contributed by atoms with Crippen molar-refractivity contribution in [2.75, 3.05) is 19.1 Å². The molecule has 0 saturated heterocycles. The van der Waals surface area contributed by atoms with E-state index < -0.39 is 0 Å². The topological polar surface area (TPSA) is 38.5 Å². The van der Waals surface area contributed by atoms with Crippen LogP contribution in [0.2, 0.25) is 0 Å². The molecule has 0 spiro atoms. The van der Waals surface area contributed by atoms with Gasteiger partial charge in [0, 0.05) is 24.7 Å². The van der Waals surface area contributed by atoms with Crippen LogP contribution in [0.15, 0.2) is 18.2 Å². The lowest BCUT2D eigenvalue weighted by Crippen LogP contribution is -2.36. The van der Waals surface area contributed by atoms with Crippen molar-refractivity contribution in [2.24, 2.45) is 11.7 Å². The number of benzene rings is 1. The molecule has 0 bridgehead atoms. The number of thiocarbonyl (C=S) groups is 1. The zero-order chi connectivity index (χ0) is 15.4. The Morgan fingerprint density at radius 1 is 1.33 bits per heavy atom. The number of rotatable bonds is 5. The normalized spacial score (nSPS) is 21.9. The molecule has 2 N–H and O–H groups in total. The van der Waals surface area contributed by atoms with E-state index in [1.165, 1.54) is 32.1 Å². The lowest BCUT2D eigenvalue weighted by atomic mass is 9.84. The Morgan fingerprint density at radius 2 is 2.00 bits per heavy atom. The zero-order valence-corrected chi connectivity index (χ0v) is 14.1. The molecule has 116 valence electrons. The van der Waals surface area contributed by atoms with Gasteiger partial charge in [0.25, 0.3) is 0 Å². The van der Waals surface area contributed by atoms with E-state index in [4.69, 9.17) is 22.7 Å². The number of hydrogen-bond acceptors (Lipinski definition) is 3. The highest BCUT2D eigenvalue weighted by Crippen LogP contribution is 2.34. The molecule has 4 heteroatoms. The van der Waals surface area contributed by atoms with E-state index in [9.17, 15) is 0 Å². The molecule has 0 aliphatic heterocycles. The zero-order valence-electron chi connectivity index (χ0n) is 13.3. The average molecular weight is 306 g/mol. The molecular weight excluding hydrogens is 280 g/mol. The molecular formula is C17H26N2OS. The second-order valence-corrected chi connectivity index (χ2v) is 6.38. The average Bonchev–Trinajstić information content (AvgIpc) is 2.53. The molecule has 0 aromatic heterocycles. The molecule has 1 aromatic carbocycles. The van der Waals surface area contributed by atoms with E-state index >= 15 is 0 Å². The first-order chi connectivity index (χ1) is 10.1. The van der Waals surface area contributed by atoms with Crippen molar-refractivity contribution in [1.29, 1.82) is 0 Å². The number of methoxy groups -OCH3 is 1. The first kappa shape index (κ1) is 16.1. The monoisotopic (exact) mass is 306 g/mol. The lowest BCUT2D eigenvalue weighted by Gasteiger charge is -2.36.